The highest BCUT2D eigenvalue weighted by Gasteiger charge is 2.15. The molecule has 0 aromatic carbocycles. The molecule has 0 fully saturated rings. The Hall–Kier alpha value is -2.93. The molecule has 0 unspecified atom stereocenters. The van der Waals surface area contributed by atoms with Gasteiger partial charge in [-0.25, -0.2) is 9.50 Å². The highest BCUT2D eigenvalue weighted by Crippen LogP contribution is 2.24. The van der Waals surface area contributed by atoms with Crippen LogP contribution in [-0.4, -0.2) is 20.5 Å². The van der Waals surface area contributed by atoms with Crippen molar-refractivity contribution in [2.75, 3.05) is 0 Å². The normalized spacial score (nSPS) is 11.1. The van der Waals surface area contributed by atoms with Gasteiger partial charge in [-0.05, 0) is 36.1 Å². The minimum atomic E-state index is -0.229. The summed E-state index contributed by atoms with van der Waals surface area (Å²) >= 11 is 1.63. The van der Waals surface area contributed by atoms with Gasteiger partial charge < -0.3 is 9.73 Å². The molecule has 0 aliphatic rings. The number of rotatable bonds is 5. The van der Waals surface area contributed by atoms with Crippen LogP contribution in [0.4, 0.5) is 0 Å². The predicted octanol–water partition coefficient (Wildman–Crippen LogP) is 3.54. The molecule has 1 N–H and O–H groups in total. The number of hydrogen-bond acceptors (Lipinski definition) is 5. The van der Waals surface area contributed by atoms with Gasteiger partial charge in [-0.15, -0.1) is 11.3 Å². The van der Waals surface area contributed by atoms with E-state index in [9.17, 15) is 4.79 Å². The third-order valence-electron chi connectivity index (χ3n) is 3.87. The lowest BCUT2D eigenvalue weighted by Crippen LogP contribution is -2.24. The molecule has 0 atom stereocenters. The van der Waals surface area contributed by atoms with Gasteiger partial charge in [0.05, 0.1) is 17.7 Å². The first-order valence-electron chi connectivity index (χ1n) is 7.98. The highest BCUT2D eigenvalue weighted by atomic mass is 32.1. The standard InChI is InChI=1S/C18H16N4O2S/c1-2-12-9-15(18(23)19-11-13-5-3-7-24-13)20-17-10-14(21-22(12)17)16-6-4-8-25-16/h3-10H,2,11H2,1H3,(H,19,23). The average molecular weight is 352 g/mol. The first kappa shape index (κ1) is 15.6. The SMILES string of the molecule is CCc1cc(C(=O)NCc2ccco2)nc2cc(-c3cccs3)nn12. The third kappa shape index (κ3) is 3.06. The second-order valence-corrected chi connectivity index (χ2v) is 6.47. The Morgan fingerprint density at radius 2 is 2.24 bits per heavy atom. The van der Waals surface area contributed by atoms with Crippen LogP contribution in [0.1, 0.15) is 28.9 Å². The van der Waals surface area contributed by atoms with E-state index in [0.29, 0.717) is 23.6 Å². The summed E-state index contributed by atoms with van der Waals surface area (Å²) in [7, 11) is 0. The number of amides is 1. The molecule has 0 saturated heterocycles. The molecule has 4 aromatic rings. The Labute approximate surface area is 148 Å². The molecule has 25 heavy (non-hydrogen) atoms. The molecule has 4 aromatic heterocycles. The van der Waals surface area contributed by atoms with Crippen molar-refractivity contribution in [3.63, 3.8) is 0 Å². The van der Waals surface area contributed by atoms with Crippen LogP contribution in [0.15, 0.2) is 52.5 Å². The molecule has 0 aliphatic heterocycles. The summed E-state index contributed by atoms with van der Waals surface area (Å²) in [6.07, 6.45) is 2.34. The number of aromatic nitrogens is 3. The first-order valence-corrected chi connectivity index (χ1v) is 8.86. The van der Waals surface area contributed by atoms with Crippen molar-refractivity contribution in [1.82, 2.24) is 19.9 Å². The van der Waals surface area contributed by atoms with E-state index in [4.69, 9.17) is 4.42 Å². The zero-order chi connectivity index (χ0) is 17.2. The fourth-order valence-electron chi connectivity index (χ4n) is 2.62. The van der Waals surface area contributed by atoms with Crippen LogP contribution in [0, 0.1) is 0 Å². The maximum atomic E-state index is 12.4. The molecule has 4 heterocycles. The van der Waals surface area contributed by atoms with Crippen molar-refractivity contribution in [1.29, 1.82) is 0 Å². The zero-order valence-electron chi connectivity index (χ0n) is 13.6. The molecule has 4 rings (SSSR count). The van der Waals surface area contributed by atoms with Crippen LogP contribution in [0.5, 0.6) is 0 Å². The number of hydrogen-bond donors (Lipinski definition) is 1. The molecule has 6 nitrogen and oxygen atoms in total. The maximum Gasteiger partial charge on any atom is 0.270 e. The summed E-state index contributed by atoms with van der Waals surface area (Å²) in [5, 5.41) is 9.47. The Morgan fingerprint density at radius 1 is 1.32 bits per heavy atom. The van der Waals surface area contributed by atoms with Gasteiger partial charge in [0.15, 0.2) is 5.65 Å². The van der Waals surface area contributed by atoms with Gasteiger partial charge in [0.1, 0.15) is 17.1 Å². The van der Waals surface area contributed by atoms with Gasteiger partial charge in [-0.1, -0.05) is 13.0 Å². The lowest BCUT2D eigenvalue weighted by molar-refractivity contribution is 0.0943. The van der Waals surface area contributed by atoms with E-state index >= 15 is 0 Å². The molecule has 0 spiro atoms. The van der Waals surface area contributed by atoms with Crippen molar-refractivity contribution in [3.8, 4) is 10.6 Å². The van der Waals surface area contributed by atoms with Gasteiger partial charge in [0.2, 0.25) is 0 Å². The van der Waals surface area contributed by atoms with Gasteiger partial charge in [-0.3, -0.25) is 4.79 Å². The third-order valence-corrected chi connectivity index (χ3v) is 4.77. The number of fused-ring (bicyclic) bond motifs is 1. The minimum absolute atomic E-state index is 0.229. The molecule has 0 radical (unpaired) electrons. The van der Waals surface area contributed by atoms with E-state index in [1.807, 2.05) is 36.6 Å². The summed E-state index contributed by atoms with van der Waals surface area (Å²) in [5.74, 6) is 0.474. The second-order valence-electron chi connectivity index (χ2n) is 5.53. The molecule has 0 bridgehead atoms. The summed E-state index contributed by atoms with van der Waals surface area (Å²) in [5.41, 5.74) is 2.86. The van der Waals surface area contributed by atoms with Crippen molar-refractivity contribution < 1.29 is 9.21 Å². The van der Waals surface area contributed by atoms with E-state index in [1.54, 1.807) is 34.2 Å². The Kier molecular flexibility index (Phi) is 4.07. The number of carbonyl (C=O) groups is 1. The van der Waals surface area contributed by atoms with Crippen molar-refractivity contribution in [2.24, 2.45) is 0 Å². The second kappa shape index (κ2) is 6.52. The number of aryl methyl sites for hydroxylation is 1. The van der Waals surface area contributed by atoms with E-state index in [0.717, 1.165) is 22.7 Å². The molecule has 0 aliphatic carbocycles. The van der Waals surface area contributed by atoms with E-state index < -0.39 is 0 Å². The molecular formula is C18H16N4O2S. The van der Waals surface area contributed by atoms with Crippen LogP contribution in [0.25, 0.3) is 16.2 Å². The summed E-state index contributed by atoms with van der Waals surface area (Å²) in [4.78, 5) is 18.0. The van der Waals surface area contributed by atoms with Crippen LogP contribution in [0.3, 0.4) is 0 Å². The van der Waals surface area contributed by atoms with Crippen molar-refractivity contribution in [2.45, 2.75) is 19.9 Å². The number of nitrogens with one attached hydrogen (secondary N) is 1. The van der Waals surface area contributed by atoms with E-state index in [-0.39, 0.29) is 5.91 Å². The van der Waals surface area contributed by atoms with Crippen molar-refractivity contribution in [3.05, 3.63) is 65.2 Å². The Morgan fingerprint density at radius 3 is 2.96 bits per heavy atom. The van der Waals surface area contributed by atoms with Crippen molar-refractivity contribution >= 4 is 22.9 Å². The maximum absolute atomic E-state index is 12.4. The summed E-state index contributed by atoms with van der Waals surface area (Å²) < 4.78 is 7.04. The van der Waals surface area contributed by atoms with Gasteiger partial charge in [0.25, 0.3) is 5.91 Å². The summed E-state index contributed by atoms with van der Waals surface area (Å²) in [6.45, 7) is 2.37. The van der Waals surface area contributed by atoms with E-state index in [2.05, 4.69) is 15.4 Å². The fourth-order valence-corrected chi connectivity index (χ4v) is 3.30. The smallest absolute Gasteiger partial charge is 0.270 e. The van der Waals surface area contributed by atoms with Crippen LogP contribution in [-0.2, 0) is 13.0 Å². The first-order chi connectivity index (χ1) is 12.2. The lowest BCUT2D eigenvalue weighted by atomic mass is 10.2. The Balaban J connectivity index is 1.66. The quantitative estimate of drug-likeness (QED) is 0.596. The fraction of sp³-hybridized carbons (Fsp3) is 0.167. The monoisotopic (exact) mass is 352 g/mol. The number of carbonyl (C=O) groups excluding carboxylic acids is 1. The number of furan rings is 1. The summed E-state index contributed by atoms with van der Waals surface area (Å²) in [6, 6.07) is 11.3. The molecule has 0 saturated carbocycles. The molecular weight excluding hydrogens is 336 g/mol. The topological polar surface area (TPSA) is 72.4 Å². The van der Waals surface area contributed by atoms with E-state index in [1.165, 1.54) is 0 Å². The van der Waals surface area contributed by atoms with Gasteiger partial charge in [-0.2, -0.15) is 5.10 Å². The zero-order valence-corrected chi connectivity index (χ0v) is 14.4. The molecule has 7 heteroatoms. The van der Waals surface area contributed by atoms with Gasteiger partial charge in [0, 0.05) is 11.8 Å². The predicted molar refractivity (Wildman–Crippen MR) is 95.6 cm³/mol. The van der Waals surface area contributed by atoms with Crippen LogP contribution >= 0.6 is 11.3 Å². The number of thiophene rings is 1. The average Bonchev–Trinajstić information content (AvgIpc) is 3.39. The molecule has 1 amide bonds. The minimum Gasteiger partial charge on any atom is -0.467 e. The Bertz CT molecular complexity index is 1000. The highest BCUT2D eigenvalue weighted by molar-refractivity contribution is 7.13. The number of nitrogens with zero attached hydrogens (tertiary/aromatic N) is 3. The lowest BCUT2D eigenvalue weighted by Gasteiger charge is -2.06. The largest absolute Gasteiger partial charge is 0.467 e. The molecule has 126 valence electrons. The van der Waals surface area contributed by atoms with Gasteiger partial charge >= 0.3 is 0 Å². The van der Waals surface area contributed by atoms with Crippen LogP contribution < -0.4 is 5.32 Å². The van der Waals surface area contributed by atoms with Crippen LogP contribution in [0.2, 0.25) is 0 Å².